The Labute approximate surface area is 112 Å². The summed E-state index contributed by atoms with van der Waals surface area (Å²) in [5.74, 6) is 0. The van der Waals surface area contributed by atoms with Gasteiger partial charge in [0.1, 0.15) is 0 Å². The third-order valence-electron chi connectivity index (χ3n) is 5.01. The number of nitrogens with zero attached hydrogens (tertiary/aromatic N) is 3. The summed E-state index contributed by atoms with van der Waals surface area (Å²) < 4.78 is 0. The van der Waals surface area contributed by atoms with Crippen LogP contribution in [-0.4, -0.2) is 60.2 Å². The first-order valence-corrected chi connectivity index (χ1v) is 8.17. The lowest BCUT2D eigenvalue weighted by atomic mass is 10.0. The van der Waals surface area contributed by atoms with Gasteiger partial charge in [-0.3, -0.25) is 4.90 Å². The van der Waals surface area contributed by atoms with Crippen molar-refractivity contribution in [2.45, 2.75) is 57.4 Å². The van der Waals surface area contributed by atoms with Gasteiger partial charge in [-0.1, -0.05) is 12.8 Å². The van der Waals surface area contributed by atoms with Gasteiger partial charge in [-0.05, 0) is 51.6 Å². The first kappa shape index (κ1) is 12.9. The van der Waals surface area contributed by atoms with Gasteiger partial charge in [-0.25, -0.2) is 10.0 Å². The van der Waals surface area contributed by atoms with Crippen LogP contribution >= 0.6 is 0 Å². The van der Waals surface area contributed by atoms with Crippen LogP contribution in [0.5, 0.6) is 0 Å². The fraction of sp³-hybridized carbons (Fsp3) is 1.00. The molecule has 3 fully saturated rings. The molecular weight excluding hydrogens is 222 g/mol. The number of hydrazine groups is 1. The first-order valence-electron chi connectivity index (χ1n) is 8.17. The number of piperidine rings is 3. The second-order valence-electron chi connectivity index (χ2n) is 6.32. The van der Waals surface area contributed by atoms with E-state index in [-0.39, 0.29) is 0 Å². The molecule has 3 aliphatic rings. The maximum atomic E-state index is 2.78. The molecule has 18 heavy (non-hydrogen) atoms. The molecule has 3 rings (SSSR count). The number of hydrogen-bond acceptors (Lipinski definition) is 3. The normalized spacial score (nSPS) is 33.7. The van der Waals surface area contributed by atoms with Gasteiger partial charge in [0.25, 0.3) is 0 Å². The molecule has 0 aromatic rings. The molecule has 0 N–H and O–H groups in total. The van der Waals surface area contributed by atoms with E-state index >= 15 is 0 Å². The molecule has 1 unspecified atom stereocenters. The molecule has 3 saturated heterocycles. The van der Waals surface area contributed by atoms with Crippen molar-refractivity contribution in [3.05, 3.63) is 0 Å². The quantitative estimate of drug-likeness (QED) is 0.746. The van der Waals surface area contributed by atoms with Crippen LogP contribution in [0.15, 0.2) is 0 Å². The van der Waals surface area contributed by atoms with Gasteiger partial charge in [-0.15, -0.1) is 0 Å². The van der Waals surface area contributed by atoms with Crippen molar-refractivity contribution >= 4 is 0 Å². The number of rotatable bonds is 2. The first-order chi connectivity index (χ1) is 8.93. The minimum absolute atomic E-state index is 0.848. The van der Waals surface area contributed by atoms with Crippen molar-refractivity contribution in [2.75, 3.05) is 39.3 Å². The van der Waals surface area contributed by atoms with Gasteiger partial charge in [0, 0.05) is 32.2 Å². The summed E-state index contributed by atoms with van der Waals surface area (Å²) in [6.45, 7) is 7.96. The fourth-order valence-electron chi connectivity index (χ4n) is 3.93. The lowest BCUT2D eigenvalue weighted by Crippen LogP contribution is -2.55. The number of likely N-dealkylation sites (tertiary alicyclic amines) is 1. The summed E-state index contributed by atoms with van der Waals surface area (Å²) in [6.07, 6.45) is 11.4. The average Bonchev–Trinajstić information content (AvgIpc) is 2.49. The van der Waals surface area contributed by atoms with E-state index in [1.165, 1.54) is 90.6 Å². The Morgan fingerprint density at radius 1 is 0.556 bits per heavy atom. The number of hydrogen-bond donors (Lipinski definition) is 0. The third kappa shape index (κ3) is 3.06. The Hall–Kier alpha value is -0.120. The summed E-state index contributed by atoms with van der Waals surface area (Å²) in [7, 11) is 0. The monoisotopic (exact) mass is 251 g/mol. The molecule has 0 bridgehead atoms. The molecule has 0 saturated carbocycles. The van der Waals surface area contributed by atoms with Crippen LogP contribution in [0, 0.1) is 0 Å². The molecule has 3 aliphatic heterocycles. The molecule has 0 spiro atoms. The van der Waals surface area contributed by atoms with Crippen LogP contribution in [0.2, 0.25) is 0 Å². The summed E-state index contributed by atoms with van der Waals surface area (Å²) in [4.78, 5) is 2.78. The lowest BCUT2D eigenvalue weighted by Gasteiger charge is -2.45. The molecule has 104 valence electrons. The SMILES string of the molecule is C1CCN(C2CCCN(N3CCCCC3)C2)CC1. The Kier molecular flexibility index (Phi) is 4.55. The maximum absolute atomic E-state index is 2.78. The van der Waals surface area contributed by atoms with E-state index in [1.54, 1.807) is 0 Å². The van der Waals surface area contributed by atoms with Crippen LogP contribution in [0.3, 0.4) is 0 Å². The largest absolute Gasteiger partial charge is 0.299 e. The molecule has 0 aromatic heterocycles. The van der Waals surface area contributed by atoms with Gasteiger partial charge in [0.15, 0.2) is 0 Å². The highest BCUT2D eigenvalue weighted by Gasteiger charge is 2.29. The zero-order valence-corrected chi connectivity index (χ0v) is 11.8. The van der Waals surface area contributed by atoms with E-state index in [0.717, 1.165) is 6.04 Å². The molecule has 3 heteroatoms. The zero-order valence-electron chi connectivity index (χ0n) is 11.8. The van der Waals surface area contributed by atoms with Crippen LogP contribution < -0.4 is 0 Å². The Morgan fingerprint density at radius 3 is 1.89 bits per heavy atom. The molecule has 3 heterocycles. The van der Waals surface area contributed by atoms with Crippen molar-refractivity contribution in [3.63, 3.8) is 0 Å². The lowest BCUT2D eigenvalue weighted by molar-refractivity contribution is -0.0763. The molecule has 0 aliphatic carbocycles. The molecule has 3 nitrogen and oxygen atoms in total. The fourth-order valence-corrected chi connectivity index (χ4v) is 3.93. The average molecular weight is 251 g/mol. The predicted octanol–water partition coefficient (Wildman–Crippen LogP) is 2.34. The Morgan fingerprint density at radius 2 is 1.17 bits per heavy atom. The molecule has 0 radical (unpaired) electrons. The standard InChI is InChI=1S/C15H29N3/c1-3-9-16(10-4-1)15-8-7-13-18(14-15)17-11-5-2-6-12-17/h15H,1-14H2. The second-order valence-corrected chi connectivity index (χ2v) is 6.32. The molecule has 1 atom stereocenters. The van der Waals surface area contributed by atoms with Crippen LogP contribution in [0.4, 0.5) is 0 Å². The van der Waals surface area contributed by atoms with Crippen LogP contribution in [0.1, 0.15) is 51.4 Å². The van der Waals surface area contributed by atoms with E-state index in [4.69, 9.17) is 0 Å². The Balaban J connectivity index is 1.53. The molecular formula is C15H29N3. The van der Waals surface area contributed by atoms with E-state index in [2.05, 4.69) is 14.9 Å². The third-order valence-corrected chi connectivity index (χ3v) is 5.01. The van der Waals surface area contributed by atoms with Crippen molar-refractivity contribution in [1.82, 2.24) is 14.9 Å². The van der Waals surface area contributed by atoms with Crippen LogP contribution in [-0.2, 0) is 0 Å². The van der Waals surface area contributed by atoms with E-state index in [1.807, 2.05) is 0 Å². The zero-order chi connectivity index (χ0) is 12.2. The highest BCUT2D eigenvalue weighted by atomic mass is 15.6. The van der Waals surface area contributed by atoms with Gasteiger partial charge in [0.05, 0.1) is 0 Å². The van der Waals surface area contributed by atoms with Crippen molar-refractivity contribution < 1.29 is 0 Å². The second kappa shape index (κ2) is 6.36. The van der Waals surface area contributed by atoms with Crippen molar-refractivity contribution in [2.24, 2.45) is 0 Å². The summed E-state index contributed by atoms with van der Waals surface area (Å²) in [5.41, 5.74) is 0. The smallest absolute Gasteiger partial charge is 0.0289 e. The highest BCUT2D eigenvalue weighted by Crippen LogP contribution is 2.22. The van der Waals surface area contributed by atoms with Gasteiger partial charge in [0.2, 0.25) is 0 Å². The van der Waals surface area contributed by atoms with Crippen molar-refractivity contribution in [1.29, 1.82) is 0 Å². The summed E-state index contributed by atoms with van der Waals surface area (Å²) >= 11 is 0. The maximum Gasteiger partial charge on any atom is 0.0289 e. The summed E-state index contributed by atoms with van der Waals surface area (Å²) in [6, 6.07) is 0.848. The van der Waals surface area contributed by atoms with Gasteiger partial charge in [-0.2, -0.15) is 0 Å². The van der Waals surface area contributed by atoms with Gasteiger partial charge >= 0.3 is 0 Å². The summed E-state index contributed by atoms with van der Waals surface area (Å²) in [5, 5.41) is 5.33. The minimum atomic E-state index is 0.848. The van der Waals surface area contributed by atoms with Gasteiger partial charge < -0.3 is 0 Å². The van der Waals surface area contributed by atoms with E-state index < -0.39 is 0 Å². The molecule has 0 aromatic carbocycles. The predicted molar refractivity (Wildman–Crippen MR) is 75.4 cm³/mol. The van der Waals surface area contributed by atoms with Crippen molar-refractivity contribution in [3.8, 4) is 0 Å². The van der Waals surface area contributed by atoms with E-state index in [0.29, 0.717) is 0 Å². The minimum Gasteiger partial charge on any atom is -0.299 e. The molecule has 0 amide bonds. The van der Waals surface area contributed by atoms with E-state index in [9.17, 15) is 0 Å². The Bertz CT molecular complexity index is 220. The highest BCUT2D eigenvalue weighted by molar-refractivity contribution is 4.82. The van der Waals surface area contributed by atoms with Crippen LogP contribution in [0.25, 0.3) is 0 Å². The topological polar surface area (TPSA) is 9.72 Å².